The lowest BCUT2D eigenvalue weighted by Gasteiger charge is -2.09. The second kappa shape index (κ2) is 4.91. The fraction of sp³-hybridized carbons (Fsp3) is 0.500. The SMILES string of the molecule is CCC(O)Cc1ccnc(OC)c1F. The molecule has 1 rings (SSSR count). The number of methoxy groups -OCH3 is 1. The zero-order valence-electron chi connectivity index (χ0n) is 8.33. The number of ether oxygens (including phenoxy) is 1. The van der Waals surface area contributed by atoms with Crippen LogP contribution in [0.5, 0.6) is 5.88 Å². The molecule has 0 aliphatic carbocycles. The Morgan fingerprint density at radius 2 is 2.36 bits per heavy atom. The summed E-state index contributed by atoms with van der Waals surface area (Å²) in [5.41, 5.74) is 0.436. The predicted molar refractivity (Wildman–Crippen MR) is 50.7 cm³/mol. The van der Waals surface area contributed by atoms with Crippen LogP contribution in [0.25, 0.3) is 0 Å². The van der Waals surface area contributed by atoms with E-state index in [2.05, 4.69) is 4.98 Å². The number of aliphatic hydroxyl groups is 1. The lowest BCUT2D eigenvalue weighted by Crippen LogP contribution is -2.10. The Morgan fingerprint density at radius 3 is 2.93 bits per heavy atom. The van der Waals surface area contributed by atoms with Crippen molar-refractivity contribution in [2.24, 2.45) is 0 Å². The van der Waals surface area contributed by atoms with E-state index < -0.39 is 11.9 Å². The molecular formula is C10H14FNO2. The van der Waals surface area contributed by atoms with Gasteiger partial charge in [0.2, 0.25) is 5.88 Å². The number of halogens is 1. The van der Waals surface area contributed by atoms with Crippen molar-refractivity contribution in [3.63, 3.8) is 0 Å². The Kier molecular flexibility index (Phi) is 3.83. The van der Waals surface area contributed by atoms with Gasteiger partial charge in [0, 0.05) is 12.6 Å². The molecule has 78 valence electrons. The lowest BCUT2D eigenvalue weighted by molar-refractivity contribution is 0.169. The van der Waals surface area contributed by atoms with Crippen LogP contribution in [0.2, 0.25) is 0 Å². The van der Waals surface area contributed by atoms with Gasteiger partial charge < -0.3 is 9.84 Å². The molecule has 0 fully saturated rings. The molecule has 1 unspecified atom stereocenters. The van der Waals surface area contributed by atoms with Crippen molar-refractivity contribution >= 4 is 0 Å². The molecule has 1 atom stereocenters. The molecule has 0 aromatic carbocycles. The molecule has 0 amide bonds. The van der Waals surface area contributed by atoms with Crippen LogP contribution in [0.4, 0.5) is 4.39 Å². The number of hydrogen-bond donors (Lipinski definition) is 1. The predicted octanol–water partition coefficient (Wildman–Crippen LogP) is 1.54. The monoisotopic (exact) mass is 199 g/mol. The molecule has 0 radical (unpaired) electrons. The smallest absolute Gasteiger partial charge is 0.250 e. The summed E-state index contributed by atoms with van der Waals surface area (Å²) in [5.74, 6) is -0.506. The van der Waals surface area contributed by atoms with Gasteiger partial charge in [0.25, 0.3) is 0 Å². The van der Waals surface area contributed by atoms with Gasteiger partial charge in [-0.2, -0.15) is 0 Å². The highest BCUT2D eigenvalue weighted by molar-refractivity contribution is 5.24. The quantitative estimate of drug-likeness (QED) is 0.799. The minimum atomic E-state index is -0.517. The Labute approximate surface area is 82.5 Å². The summed E-state index contributed by atoms with van der Waals surface area (Å²) in [4.78, 5) is 3.71. The lowest BCUT2D eigenvalue weighted by atomic mass is 10.1. The minimum absolute atomic E-state index is 0.0224. The van der Waals surface area contributed by atoms with Crippen LogP contribution in [0, 0.1) is 5.82 Å². The second-order valence-electron chi connectivity index (χ2n) is 3.06. The fourth-order valence-electron chi connectivity index (χ4n) is 1.16. The summed E-state index contributed by atoms with van der Waals surface area (Å²) in [5, 5.41) is 9.37. The van der Waals surface area contributed by atoms with Crippen LogP contribution >= 0.6 is 0 Å². The molecule has 0 spiro atoms. The van der Waals surface area contributed by atoms with E-state index in [1.807, 2.05) is 6.92 Å². The molecule has 3 nitrogen and oxygen atoms in total. The van der Waals surface area contributed by atoms with Crippen molar-refractivity contribution in [2.75, 3.05) is 7.11 Å². The highest BCUT2D eigenvalue weighted by atomic mass is 19.1. The summed E-state index contributed by atoms with van der Waals surface area (Å²) in [7, 11) is 1.37. The molecule has 1 heterocycles. The Balaban J connectivity index is 2.86. The Morgan fingerprint density at radius 1 is 1.64 bits per heavy atom. The highest BCUT2D eigenvalue weighted by Gasteiger charge is 2.12. The van der Waals surface area contributed by atoms with Crippen LogP contribution < -0.4 is 4.74 Å². The van der Waals surface area contributed by atoms with Crippen LogP contribution in [0.3, 0.4) is 0 Å². The fourth-order valence-corrected chi connectivity index (χ4v) is 1.16. The van der Waals surface area contributed by atoms with Crippen LogP contribution in [0.1, 0.15) is 18.9 Å². The first-order chi connectivity index (χ1) is 6.69. The first-order valence-corrected chi connectivity index (χ1v) is 4.54. The molecular weight excluding hydrogens is 185 g/mol. The van der Waals surface area contributed by atoms with Gasteiger partial charge in [0.05, 0.1) is 13.2 Å². The van der Waals surface area contributed by atoms with Crippen LogP contribution in [0.15, 0.2) is 12.3 Å². The van der Waals surface area contributed by atoms with Gasteiger partial charge in [-0.3, -0.25) is 0 Å². The standard InChI is InChI=1S/C10H14FNO2/c1-3-8(13)6-7-4-5-12-10(14-2)9(7)11/h4-5,8,13H,3,6H2,1-2H3. The average Bonchev–Trinajstić information content (AvgIpc) is 2.21. The zero-order valence-corrected chi connectivity index (χ0v) is 8.33. The molecule has 0 aliphatic rings. The normalized spacial score (nSPS) is 12.6. The average molecular weight is 199 g/mol. The molecule has 14 heavy (non-hydrogen) atoms. The number of aliphatic hydroxyl groups excluding tert-OH is 1. The van der Waals surface area contributed by atoms with Crippen molar-refractivity contribution in [1.29, 1.82) is 0 Å². The van der Waals surface area contributed by atoms with Crippen molar-refractivity contribution in [3.05, 3.63) is 23.6 Å². The van der Waals surface area contributed by atoms with Gasteiger partial charge in [-0.05, 0) is 18.1 Å². The number of aromatic nitrogens is 1. The summed E-state index contributed by atoms with van der Waals surface area (Å²) in [6, 6.07) is 1.55. The van der Waals surface area contributed by atoms with E-state index in [9.17, 15) is 9.50 Å². The summed E-state index contributed by atoms with van der Waals surface area (Å²) in [6.07, 6.45) is 1.85. The third-order valence-electron chi connectivity index (χ3n) is 2.06. The third-order valence-corrected chi connectivity index (χ3v) is 2.06. The van der Waals surface area contributed by atoms with E-state index in [1.54, 1.807) is 6.07 Å². The molecule has 0 bridgehead atoms. The maximum Gasteiger partial charge on any atom is 0.250 e. The Hall–Kier alpha value is -1.16. The molecule has 1 aromatic heterocycles. The maximum atomic E-state index is 13.5. The first-order valence-electron chi connectivity index (χ1n) is 4.54. The van der Waals surface area contributed by atoms with Crippen LogP contribution in [-0.4, -0.2) is 23.3 Å². The van der Waals surface area contributed by atoms with Gasteiger partial charge in [-0.1, -0.05) is 6.92 Å². The van der Waals surface area contributed by atoms with E-state index in [4.69, 9.17) is 4.74 Å². The second-order valence-corrected chi connectivity index (χ2v) is 3.06. The molecule has 1 N–H and O–H groups in total. The van der Waals surface area contributed by atoms with E-state index in [-0.39, 0.29) is 5.88 Å². The first kappa shape index (κ1) is 10.9. The summed E-state index contributed by atoms with van der Waals surface area (Å²) in [6.45, 7) is 1.85. The molecule has 0 saturated carbocycles. The number of rotatable bonds is 4. The van der Waals surface area contributed by atoms with E-state index in [1.165, 1.54) is 13.3 Å². The number of nitrogens with zero attached hydrogens (tertiary/aromatic N) is 1. The minimum Gasteiger partial charge on any atom is -0.479 e. The van der Waals surface area contributed by atoms with Crippen LogP contribution in [-0.2, 0) is 6.42 Å². The van der Waals surface area contributed by atoms with E-state index in [0.29, 0.717) is 18.4 Å². The van der Waals surface area contributed by atoms with Gasteiger partial charge in [-0.15, -0.1) is 0 Å². The molecule has 0 saturated heterocycles. The van der Waals surface area contributed by atoms with Crippen molar-refractivity contribution in [3.8, 4) is 5.88 Å². The van der Waals surface area contributed by atoms with E-state index >= 15 is 0 Å². The molecule has 1 aromatic rings. The largest absolute Gasteiger partial charge is 0.479 e. The van der Waals surface area contributed by atoms with Gasteiger partial charge in [0.1, 0.15) is 0 Å². The maximum absolute atomic E-state index is 13.5. The van der Waals surface area contributed by atoms with E-state index in [0.717, 1.165) is 0 Å². The third kappa shape index (κ3) is 2.42. The van der Waals surface area contributed by atoms with Gasteiger partial charge in [-0.25, -0.2) is 9.37 Å². The zero-order chi connectivity index (χ0) is 10.6. The Bertz CT molecular complexity index is 304. The molecule has 0 aliphatic heterocycles. The number of pyridine rings is 1. The van der Waals surface area contributed by atoms with Crippen molar-refractivity contribution < 1.29 is 14.2 Å². The van der Waals surface area contributed by atoms with Gasteiger partial charge in [0.15, 0.2) is 5.82 Å². The summed E-state index contributed by atoms with van der Waals surface area (Å²) >= 11 is 0. The summed E-state index contributed by atoms with van der Waals surface area (Å²) < 4.78 is 18.2. The number of hydrogen-bond acceptors (Lipinski definition) is 3. The highest BCUT2D eigenvalue weighted by Crippen LogP contribution is 2.18. The van der Waals surface area contributed by atoms with Gasteiger partial charge >= 0.3 is 0 Å². The van der Waals surface area contributed by atoms with Crippen molar-refractivity contribution in [2.45, 2.75) is 25.9 Å². The van der Waals surface area contributed by atoms with Crippen molar-refractivity contribution in [1.82, 2.24) is 4.98 Å². The molecule has 4 heteroatoms. The topological polar surface area (TPSA) is 42.4 Å².